The van der Waals surface area contributed by atoms with Crippen LogP contribution in [0.2, 0.25) is 0 Å². The summed E-state index contributed by atoms with van der Waals surface area (Å²) >= 11 is 0. The van der Waals surface area contributed by atoms with Crippen molar-refractivity contribution in [1.29, 1.82) is 0 Å². The fourth-order valence-electron chi connectivity index (χ4n) is 4.71. The molecule has 1 heterocycles. The van der Waals surface area contributed by atoms with Crippen molar-refractivity contribution in [3.63, 3.8) is 0 Å². The molecule has 2 unspecified atom stereocenters. The largest absolute Gasteiger partial charge is 0.481 e. The van der Waals surface area contributed by atoms with E-state index >= 15 is 0 Å². The number of benzene rings is 3. The van der Waals surface area contributed by atoms with Crippen LogP contribution in [0.1, 0.15) is 29.2 Å². The van der Waals surface area contributed by atoms with Gasteiger partial charge >= 0.3 is 18.0 Å². The van der Waals surface area contributed by atoms with Crippen LogP contribution in [-0.2, 0) is 9.59 Å². The molecule has 0 aromatic heterocycles. The zero-order chi connectivity index (χ0) is 29.7. The predicted octanol–water partition coefficient (Wildman–Crippen LogP) is 4.62. The maximum Gasteiger partial charge on any atom is 0.323 e. The van der Waals surface area contributed by atoms with Crippen LogP contribution >= 0.6 is 0 Å². The Kier molecular flexibility index (Phi) is 8.81. The van der Waals surface area contributed by atoms with Crippen LogP contribution < -0.4 is 16.0 Å². The number of aliphatic carboxylic acids is 1. The average Bonchev–Trinajstić information content (AvgIpc) is 3.34. The predicted molar refractivity (Wildman–Crippen MR) is 147 cm³/mol. The Morgan fingerprint density at radius 1 is 0.829 bits per heavy atom. The van der Waals surface area contributed by atoms with Crippen molar-refractivity contribution in [2.24, 2.45) is 0 Å². The Bertz CT molecular complexity index is 1450. The van der Waals surface area contributed by atoms with Gasteiger partial charge in [0.1, 0.15) is 11.6 Å². The Morgan fingerprint density at radius 2 is 1.41 bits per heavy atom. The Morgan fingerprint density at radius 3 is 1.98 bits per heavy atom. The van der Waals surface area contributed by atoms with E-state index in [1.165, 1.54) is 30.3 Å². The molecule has 0 bridgehead atoms. The van der Waals surface area contributed by atoms with Gasteiger partial charge in [0.05, 0.1) is 12.5 Å². The topological polar surface area (TPSA) is 131 Å². The molecule has 10 nitrogen and oxygen atoms in total. The van der Waals surface area contributed by atoms with Crippen LogP contribution in [-0.4, -0.2) is 58.1 Å². The van der Waals surface area contributed by atoms with Crippen LogP contribution in [0.5, 0.6) is 0 Å². The minimum atomic E-state index is -1.48. The lowest BCUT2D eigenvalue weighted by molar-refractivity contribution is -0.138. The molecule has 3 aromatic rings. The molecule has 0 saturated carbocycles. The van der Waals surface area contributed by atoms with Crippen LogP contribution in [0.15, 0.2) is 66.7 Å². The maximum absolute atomic E-state index is 13.7. The summed E-state index contributed by atoms with van der Waals surface area (Å²) in [5.41, 5.74) is 2.76. The fraction of sp³-hybridized carbons (Fsp3) is 0.241. The third-order valence-corrected chi connectivity index (χ3v) is 6.44. The Hall–Kier alpha value is -5.00. The van der Waals surface area contributed by atoms with Gasteiger partial charge in [0.25, 0.3) is 5.91 Å². The SMILES string of the molecule is Cc1cc(C)cc(NC(=O)N2CCN(C(=O)Nc3cccc(F)c3)C2C(=O)NC(CC(=O)O)c2ccc(F)cc2)c1. The molecule has 3 aromatic carbocycles. The van der Waals surface area contributed by atoms with Gasteiger partial charge in [0, 0.05) is 24.5 Å². The second-order valence-electron chi connectivity index (χ2n) is 9.72. The van der Waals surface area contributed by atoms with Gasteiger partial charge in [0.15, 0.2) is 6.17 Å². The molecule has 41 heavy (non-hydrogen) atoms. The molecular weight excluding hydrogens is 536 g/mol. The lowest BCUT2D eigenvalue weighted by atomic mass is 10.0. The molecule has 214 valence electrons. The molecule has 1 aliphatic heterocycles. The first-order valence-corrected chi connectivity index (χ1v) is 12.8. The first-order valence-electron chi connectivity index (χ1n) is 12.8. The van der Waals surface area contributed by atoms with Gasteiger partial charge in [-0.15, -0.1) is 0 Å². The molecule has 4 rings (SSSR count). The highest BCUT2D eigenvalue weighted by Gasteiger charge is 2.43. The zero-order valence-corrected chi connectivity index (χ0v) is 22.4. The number of carboxylic acids is 1. The molecule has 1 aliphatic rings. The Balaban J connectivity index is 1.62. The number of carboxylic acid groups (broad SMARTS) is 1. The number of anilines is 2. The monoisotopic (exact) mass is 565 g/mol. The highest BCUT2D eigenvalue weighted by Crippen LogP contribution is 2.23. The first-order chi connectivity index (χ1) is 19.5. The molecule has 0 aliphatic carbocycles. The number of carbonyl (C=O) groups is 4. The summed E-state index contributed by atoms with van der Waals surface area (Å²) in [6.45, 7) is 3.67. The van der Waals surface area contributed by atoms with Crippen LogP contribution in [0.3, 0.4) is 0 Å². The maximum atomic E-state index is 13.7. The fourth-order valence-corrected chi connectivity index (χ4v) is 4.71. The van der Waals surface area contributed by atoms with Crippen molar-refractivity contribution in [3.8, 4) is 0 Å². The van der Waals surface area contributed by atoms with Crippen molar-refractivity contribution < 1.29 is 33.1 Å². The van der Waals surface area contributed by atoms with E-state index in [0.717, 1.165) is 39.1 Å². The number of urea groups is 2. The summed E-state index contributed by atoms with van der Waals surface area (Å²) in [5, 5.41) is 17.3. The summed E-state index contributed by atoms with van der Waals surface area (Å²) < 4.78 is 27.2. The molecular formula is C29H29F2N5O5. The van der Waals surface area contributed by atoms with E-state index in [1.54, 1.807) is 12.1 Å². The van der Waals surface area contributed by atoms with Crippen molar-refractivity contribution in [1.82, 2.24) is 15.1 Å². The summed E-state index contributed by atoms with van der Waals surface area (Å²) in [6, 6.07) is 13.1. The van der Waals surface area contributed by atoms with Gasteiger partial charge in [0.2, 0.25) is 0 Å². The van der Waals surface area contributed by atoms with Crippen LogP contribution in [0, 0.1) is 25.5 Å². The third kappa shape index (κ3) is 7.35. The highest BCUT2D eigenvalue weighted by molar-refractivity contribution is 5.98. The molecule has 5 amide bonds. The van der Waals surface area contributed by atoms with E-state index in [2.05, 4.69) is 16.0 Å². The molecule has 1 fully saturated rings. The summed E-state index contributed by atoms with van der Waals surface area (Å²) in [6.07, 6.45) is -2.01. The van der Waals surface area contributed by atoms with E-state index in [9.17, 15) is 33.1 Å². The summed E-state index contributed by atoms with van der Waals surface area (Å²) in [5.74, 6) is -3.18. The standard InChI is InChI=1S/C29H29F2N5O5/c1-17-12-18(2)14-23(13-17)33-29(41)36-11-10-35(28(40)32-22-5-3-4-21(31)15-22)27(36)26(39)34-24(16-25(37)38)19-6-8-20(30)9-7-19/h3-9,12-15,24,27H,10-11,16H2,1-2H3,(H,32,40)(H,33,41)(H,34,39)(H,37,38). The van der Waals surface area contributed by atoms with E-state index in [-0.39, 0.29) is 18.8 Å². The number of amides is 5. The molecule has 4 N–H and O–H groups in total. The number of nitrogens with one attached hydrogen (secondary N) is 3. The summed E-state index contributed by atoms with van der Waals surface area (Å²) in [4.78, 5) is 54.2. The number of carbonyl (C=O) groups excluding carboxylic acids is 3. The van der Waals surface area contributed by atoms with Crippen molar-refractivity contribution in [2.75, 3.05) is 23.7 Å². The number of hydrogen-bond acceptors (Lipinski definition) is 4. The normalized spacial score (nSPS) is 15.3. The highest BCUT2D eigenvalue weighted by atomic mass is 19.1. The number of rotatable bonds is 7. The number of nitrogens with zero attached hydrogens (tertiary/aromatic N) is 2. The Labute approximate surface area is 234 Å². The van der Waals surface area contributed by atoms with Crippen molar-refractivity contribution in [2.45, 2.75) is 32.5 Å². The minimum Gasteiger partial charge on any atom is -0.481 e. The smallest absolute Gasteiger partial charge is 0.323 e. The van der Waals surface area contributed by atoms with Crippen LogP contribution in [0.4, 0.5) is 29.7 Å². The molecule has 12 heteroatoms. The van der Waals surface area contributed by atoms with Gasteiger partial charge in [-0.2, -0.15) is 0 Å². The zero-order valence-electron chi connectivity index (χ0n) is 22.4. The number of hydrogen-bond donors (Lipinski definition) is 4. The van der Waals surface area contributed by atoms with E-state index in [1.807, 2.05) is 19.9 Å². The van der Waals surface area contributed by atoms with E-state index < -0.39 is 54.2 Å². The average molecular weight is 566 g/mol. The lowest BCUT2D eigenvalue weighted by Crippen LogP contribution is -2.56. The minimum absolute atomic E-state index is 0.0224. The first kappa shape index (κ1) is 29.0. The van der Waals surface area contributed by atoms with E-state index in [0.29, 0.717) is 11.3 Å². The van der Waals surface area contributed by atoms with Gasteiger partial charge in [-0.25, -0.2) is 18.4 Å². The van der Waals surface area contributed by atoms with Gasteiger partial charge in [-0.1, -0.05) is 24.3 Å². The van der Waals surface area contributed by atoms with Gasteiger partial charge in [-0.3, -0.25) is 19.4 Å². The quantitative estimate of drug-likeness (QED) is 0.332. The van der Waals surface area contributed by atoms with Crippen molar-refractivity contribution >= 4 is 35.3 Å². The van der Waals surface area contributed by atoms with Crippen LogP contribution in [0.25, 0.3) is 0 Å². The molecule has 1 saturated heterocycles. The lowest BCUT2D eigenvalue weighted by Gasteiger charge is -2.31. The number of aryl methyl sites for hydroxylation is 2. The number of halogens is 2. The second-order valence-corrected chi connectivity index (χ2v) is 9.72. The second kappa shape index (κ2) is 12.5. The van der Waals surface area contributed by atoms with Crippen molar-refractivity contribution in [3.05, 3.63) is 95.1 Å². The third-order valence-electron chi connectivity index (χ3n) is 6.44. The molecule has 2 atom stereocenters. The van der Waals surface area contributed by atoms with E-state index in [4.69, 9.17) is 0 Å². The summed E-state index contributed by atoms with van der Waals surface area (Å²) in [7, 11) is 0. The molecule has 0 radical (unpaired) electrons. The van der Waals surface area contributed by atoms with Gasteiger partial charge in [-0.05, 0) is 73.0 Å². The van der Waals surface area contributed by atoms with Gasteiger partial charge < -0.3 is 21.1 Å². The molecule has 0 spiro atoms.